The zero-order chi connectivity index (χ0) is 15.6. The predicted octanol–water partition coefficient (Wildman–Crippen LogP) is 5.57. The molecule has 112 valence electrons. The van der Waals surface area contributed by atoms with Crippen molar-refractivity contribution < 1.29 is 9.47 Å². The van der Waals surface area contributed by atoms with Gasteiger partial charge in [0.1, 0.15) is 11.5 Å². The zero-order valence-corrected chi connectivity index (χ0v) is 15.7. The Morgan fingerprint density at radius 2 is 1.62 bits per heavy atom. The summed E-state index contributed by atoms with van der Waals surface area (Å²) in [4.78, 5) is 0.0742. The van der Waals surface area contributed by atoms with Crippen molar-refractivity contribution in [2.24, 2.45) is 0 Å². The highest BCUT2D eigenvalue weighted by Gasteiger charge is 2.18. The molecular formula is C17H18Br2O2. The van der Waals surface area contributed by atoms with Crippen LogP contribution in [0.2, 0.25) is 0 Å². The summed E-state index contributed by atoms with van der Waals surface area (Å²) in [5.41, 5.74) is 4.77. The molecule has 0 saturated heterocycles. The molecule has 0 fully saturated rings. The van der Waals surface area contributed by atoms with Crippen molar-refractivity contribution in [1.29, 1.82) is 0 Å². The van der Waals surface area contributed by atoms with Gasteiger partial charge in [-0.05, 0) is 42.7 Å². The van der Waals surface area contributed by atoms with Gasteiger partial charge in [0.15, 0.2) is 0 Å². The lowest BCUT2D eigenvalue weighted by Gasteiger charge is -2.18. The number of alkyl halides is 1. The van der Waals surface area contributed by atoms with E-state index < -0.39 is 0 Å². The molecule has 0 aliphatic rings. The van der Waals surface area contributed by atoms with Crippen molar-refractivity contribution in [3.63, 3.8) is 0 Å². The Hall–Kier alpha value is -1.00. The van der Waals surface area contributed by atoms with Gasteiger partial charge < -0.3 is 9.47 Å². The van der Waals surface area contributed by atoms with Gasteiger partial charge in [0.25, 0.3) is 0 Å². The number of hydrogen-bond acceptors (Lipinski definition) is 2. The van der Waals surface area contributed by atoms with E-state index in [2.05, 4.69) is 57.8 Å². The Morgan fingerprint density at radius 3 is 2.24 bits per heavy atom. The monoisotopic (exact) mass is 412 g/mol. The quantitative estimate of drug-likeness (QED) is 0.610. The molecule has 2 aromatic rings. The summed E-state index contributed by atoms with van der Waals surface area (Å²) in [5, 5.41) is 0. The third-order valence-electron chi connectivity index (χ3n) is 3.53. The van der Waals surface area contributed by atoms with E-state index >= 15 is 0 Å². The van der Waals surface area contributed by atoms with Crippen LogP contribution in [0.1, 0.15) is 27.1 Å². The van der Waals surface area contributed by atoms with E-state index in [9.17, 15) is 0 Å². The van der Waals surface area contributed by atoms with Gasteiger partial charge in [0, 0.05) is 16.1 Å². The lowest BCUT2D eigenvalue weighted by Crippen LogP contribution is -2.00. The van der Waals surface area contributed by atoms with Gasteiger partial charge in [-0.15, -0.1) is 0 Å². The smallest absolute Gasteiger partial charge is 0.127 e. The minimum absolute atomic E-state index is 0.0742. The van der Waals surface area contributed by atoms with Gasteiger partial charge in [-0.25, -0.2) is 0 Å². The van der Waals surface area contributed by atoms with E-state index in [0.29, 0.717) is 0 Å². The first-order valence-corrected chi connectivity index (χ1v) is 8.31. The Morgan fingerprint density at radius 1 is 0.905 bits per heavy atom. The van der Waals surface area contributed by atoms with Crippen molar-refractivity contribution in [1.82, 2.24) is 0 Å². The van der Waals surface area contributed by atoms with E-state index in [1.807, 2.05) is 18.2 Å². The summed E-state index contributed by atoms with van der Waals surface area (Å²) in [6.07, 6.45) is 0. The van der Waals surface area contributed by atoms with Crippen LogP contribution in [0.5, 0.6) is 11.5 Å². The Bertz CT molecular complexity index is 653. The summed E-state index contributed by atoms with van der Waals surface area (Å²) in [7, 11) is 3.33. The summed E-state index contributed by atoms with van der Waals surface area (Å²) < 4.78 is 11.9. The third kappa shape index (κ3) is 3.43. The summed E-state index contributed by atoms with van der Waals surface area (Å²) in [6.45, 7) is 4.21. The summed E-state index contributed by atoms with van der Waals surface area (Å²) in [5.74, 6) is 1.61. The first-order valence-electron chi connectivity index (χ1n) is 6.60. The molecule has 2 nitrogen and oxygen atoms in total. The van der Waals surface area contributed by atoms with Gasteiger partial charge >= 0.3 is 0 Å². The fraction of sp³-hybridized carbons (Fsp3) is 0.294. The second-order valence-electron chi connectivity index (χ2n) is 4.93. The molecule has 0 radical (unpaired) electrons. The summed E-state index contributed by atoms with van der Waals surface area (Å²) >= 11 is 7.38. The van der Waals surface area contributed by atoms with Crippen LogP contribution in [0.3, 0.4) is 0 Å². The predicted molar refractivity (Wildman–Crippen MR) is 93.9 cm³/mol. The van der Waals surface area contributed by atoms with Crippen molar-refractivity contribution in [3.05, 3.63) is 57.1 Å². The molecule has 0 aromatic heterocycles. The average Bonchev–Trinajstić information content (AvgIpc) is 2.49. The number of halogens is 2. The third-order valence-corrected chi connectivity index (χ3v) is 5.37. The molecule has 2 rings (SSSR count). The standard InChI is InChI=1S/C17H18Br2O2/c1-10-8-15(18)11(2)7-14(10)17(19)13-6-5-12(20-3)9-16(13)21-4/h5-9,17H,1-4H3. The van der Waals surface area contributed by atoms with Crippen LogP contribution < -0.4 is 9.47 Å². The average molecular weight is 414 g/mol. The van der Waals surface area contributed by atoms with E-state index in [-0.39, 0.29) is 4.83 Å². The molecule has 0 saturated carbocycles. The molecular weight excluding hydrogens is 396 g/mol. The van der Waals surface area contributed by atoms with Crippen molar-refractivity contribution in [2.45, 2.75) is 18.7 Å². The normalized spacial score (nSPS) is 12.1. The molecule has 2 aromatic carbocycles. The Kier molecular flexibility index (Phi) is 5.33. The van der Waals surface area contributed by atoms with Crippen LogP contribution in [0, 0.1) is 13.8 Å². The Labute approximate surface area is 142 Å². The first kappa shape index (κ1) is 16.4. The topological polar surface area (TPSA) is 18.5 Å². The molecule has 0 heterocycles. The van der Waals surface area contributed by atoms with Gasteiger partial charge in [-0.1, -0.05) is 44.0 Å². The van der Waals surface area contributed by atoms with Crippen LogP contribution in [-0.2, 0) is 0 Å². The fourth-order valence-electron chi connectivity index (χ4n) is 2.27. The van der Waals surface area contributed by atoms with Gasteiger partial charge in [0.2, 0.25) is 0 Å². The van der Waals surface area contributed by atoms with Crippen molar-refractivity contribution >= 4 is 31.9 Å². The minimum atomic E-state index is 0.0742. The van der Waals surface area contributed by atoms with E-state index in [0.717, 1.165) is 21.5 Å². The molecule has 0 spiro atoms. The summed E-state index contributed by atoms with van der Waals surface area (Å²) in [6, 6.07) is 10.2. The highest BCUT2D eigenvalue weighted by molar-refractivity contribution is 9.10. The number of hydrogen-bond donors (Lipinski definition) is 0. The molecule has 0 aliphatic heterocycles. The number of methoxy groups -OCH3 is 2. The lowest BCUT2D eigenvalue weighted by atomic mass is 9.98. The van der Waals surface area contributed by atoms with Gasteiger partial charge in [-0.2, -0.15) is 0 Å². The minimum Gasteiger partial charge on any atom is -0.497 e. The van der Waals surface area contributed by atoms with Gasteiger partial charge in [0.05, 0.1) is 19.0 Å². The molecule has 4 heteroatoms. The van der Waals surface area contributed by atoms with Crippen LogP contribution in [0.15, 0.2) is 34.8 Å². The maximum Gasteiger partial charge on any atom is 0.127 e. The number of benzene rings is 2. The van der Waals surface area contributed by atoms with E-state index in [1.54, 1.807) is 14.2 Å². The maximum atomic E-state index is 5.51. The van der Waals surface area contributed by atoms with Gasteiger partial charge in [-0.3, -0.25) is 0 Å². The number of rotatable bonds is 4. The number of ether oxygens (including phenoxy) is 2. The van der Waals surface area contributed by atoms with Crippen molar-refractivity contribution in [2.75, 3.05) is 14.2 Å². The molecule has 0 N–H and O–H groups in total. The van der Waals surface area contributed by atoms with Crippen LogP contribution in [0.4, 0.5) is 0 Å². The molecule has 1 unspecified atom stereocenters. The van der Waals surface area contributed by atoms with E-state index in [4.69, 9.17) is 9.47 Å². The molecule has 0 amide bonds. The molecule has 1 atom stereocenters. The number of aryl methyl sites for hydroxylation is 2. The second-order valence-corrected chi connectivity index (χ2v) is 6.70. The highest BCUT2D eigenvalue weighted by atomic mass is 79.9. The Balaban J connectivity index is 2.49. The molecule has 21 heavy (non-hydrogen) atoms. The lowest BCUT2D eigenvalue weighted by molar-refractivity contribution is 0.391. The largest absolute Gasteiger partial charge is 0.497 e. The first-order chi connectivity index (χ1) is 9.97. The maximum absolute atomic E-state index is 5.51. The fourth-order valence-corrected chi connectivity index (χ4v) is 3.60. The van der Waals surface area contributed by atoms with Crippen molar-refractivity contribution in [3.8, 4) is 11.5 Å². The SMILES string of the molecule is COc1ccc(C(Br)c2cc(C)c(Br)cc2C)c(OC)c1. The molecule has 0 aliphatic carbocycles. The highest BCUT2D eigenvalue weighted by Crippen LogP contribution is 2.40. The van der Waals surface area contributed by atoms with Crippen LogP contribution in [-0.4, -0.2) is 14.2 Å². The van der Waals surface area contributed by atoms with Crippen LogP contribution in [0.25, 0.3) is 0 Å². The molecule has 0 bridgehead atoms. The van der Waals surface area contributed by atoms with E-state index in [1.165, 1.54) is 16.7 Å². The van der Waals surface area contributed by atoms with Crippen LogP contribution >= 0.6 is 31.9 Å². The zero-order valence-electron chi connectivity index (χ0n) is 12.5. The second kappa shape index (κ2) is 6.84.